The molecule has 0 spiro atoms. The summed E-state index contributed by atoms with van der Waals surface area (Å²) in [5.41, 5.74) is 0.773. The molecule has 0 saturated carbocycles. The molecule has 4 rings (SSSR count). The Bertz CT molecular complexity index is 1400. The van der Waals surface area contributed by atoms with Crippen LogP contribution in [0.1, 0.15) is 17.9 Å². The molecule has 1 amide bonds. The van der Waals surface area contributed by atoms with Gasteiger partial charge in [-0.25, -0.2) is 32.7 Å². The number of carbonyl (C=O) groups excluding carboxylic acids is 1. The Morgan fingerprint density at radius 2 is 1.81 bits per heavy atom. The fourth-order valence-corrected chi connectivity index (χ4v) is 5.46. The lowest BCUT2D eigenvalue weighted by atomic mass is 10.1. The van der Waals surface area contributed by atoms with Gasteiger partial charge in [0, 0.05) is 24.5 Å². The highest BCUT2D eigenvalue weighted by molar-refractivity contribution is 7.89. The number of aromatic nitrogens is 4. The Balaban J connectivity index is 1.48. The third-order valence-electron chi connectivity index (χ3n) is 5.71. The minimum atomic E-state index is -4.68. The van der Waals surface area contributed by atoms with E-state index in [1.165, 1.54) is 12.4 Å². The lowest BCUT2D eigenvalue weighted by molar-refractivity contribution is -0.145. The van der Waals surface area contributed by atoms with E-state index in [0.29, 0.717) is 5.69 Å². The normalized spacial score (nSPS) is 18.5. The van der Waals surface area contributed by atoms with Crippen molar-refractivity contribution in [3.05, 3.63) is 79.0 Å². The molecule has 1 N–H and O–H groups in total. The molecule has 194 valence electrons. The van der Waals surface area contributed by atoms with E-state index in [4.69, 9.17) is 0 Å². The highest BCUT2D eigenvalue weighted by Crippen LogP contribution is 2.31. The minimum absolute atomic E-state index is 0.0346. The Morgan fingerprint density at radius 3 is 2.43 bits per heavy atom. The van der Waals surface area contributed by atoms with Crippen molar-refractivity contribution in [1.82, 2.24) is 29.6 Å². The molecule has 1 fully saturated rings. The van der Waals surface area contributed by atoms with Crippen LogP contribution in [0.2, 0.25) is 0 Å². The molecule has 0 aliphatic carbocycles. The van der Waals surface area contributed by atoms with E-state index in [0.717, 1.165) is 41.0 Å². The molecule has 0 bridgehead atoms. The highest BCUT2D eigenvalue weighted by atomic mass is 32.2. The fraction of sp³-hybridized carbons (Fsp3) is 0.261. The topological polar surface area (TPSA) is 118 Å². The molecule has 1 saturated heterocycles. The number of rotatable bonds is 7. The number of sulfonamides is 1. The molecular formula is C23H20F4N6O3S. The number of hydrogen-bond donors (Lipinski definition) is 1. The van der Waals surface area contributed by atoms with Gasteiger partial charge >= 0.3 is 6.18 Å². The largest absolute Gasteiger partial charge is 0.451 e. The van der Waals surface area contributed by atoms with Gasteiger partial charge in [-0.15, -0.1) is 6.58 Å². The number of amides is 1. The van der Waals surface area contributed by atoms with E-state index < -0.39 is 39.8 Å². The Morgan fingerprint density at radius 1 is 1.14 bits per heavy atom. The van der Waals surface area contributed by atoms with Crippen molar-refractivity contribution in [1.29, 1.82) is 0 Å². The lowest BCUT2D eigenvalue weighted by Crippen LogP contribution is -2.45. The average molecular weight is 537 g/mol. The van der Waals surface area contributed by atoms with Crippen molar-refractivity contribution < 1.29 is 30.8 Å². The van der Waals surface area contributed by atoms with E-state index in [1.54, 1.807) is 6.08 Å². The SMILES string of the molecule is C=C[C@@H]1C[C@@H](C(=O)NCc2cc(-c3cnc(C(F)(F)F)nc3)ncn2)N(S(=O)(=O)c2ccc(F)cc2)C1. The van der Waals surface area contributed by atoms with E-state index >= 15 is 0 Å². The predicted molar refractivity (Wildman–Crippen MR) is 122 cm³/mol. The Hall–Kier alpha value is -3.78. The number of carbonyl (C=O) groups is 1. The van der Waals surface area contributed by atoms with Crippen molar-refractivity contribution in [2.45, 2.75) is 30.1 Å². The second-order valence-corrected chi connectivity index (χ2v) is 10.1. The van der Waals surface area contributed by atoms with Crippen LogP contribution < -0.4 is 5.32 Å². The van der Waals surface area contributed by atoms with Gasteiger partial charge in [0.2, 0.25) is 21.8 Å². The summed E-state index contributed by atoms with van der Waals surface area (Å²) in [7, 11) is -4.09. The second-order valence-electron chi connectivity index (χ2n) is 8.18. The van der Waals surface area contributed by atoms with Crippen LogP contribution in [0, 0.1) is 11.7 Å². The summed E-state index contributed by atoms with van der Waals surface area (Å²) in [6.07, 6.45) is 0.224. The van der Waals surface area contributed by atoms with Crippen molar-refractivity contribution in [2.24, 2.45) is 5.92 Å². The third-order valence-corrected chi connectivity index (χ3v) is 7.60. The van der Waals surface area contributed by atoms with E-state index in [1.807, 2.05) is 0 Å². The van der Waals surface area contributed by atoms with Gasteiger partial charge < -0.3 is 5.32 Å². The van der Waals surface area contributed by atoms with E-state index in [2.05, 4.69) is 31.8 Å². The number of alkyl halides is 3. The van der Waals surface area contributed by atoms with Crippen LogP contribution in [0.5, 0.6) is 0 Å². The summed E-state index contributed by atoms with van der Waals surface area (Å²) in [5, 5.41) is 2.65. The monoisotopic (exact) mass is 536 g/mol. The van der Waals surface area contributed by atoms with Crippen LogP contribution >= 0.6 is 0 Å². The predicted octanol–water partition coefficient (Wildman–Crippen LogP) is 2.97. The van der Waals surface area contributed by atoms with Gasteiger partial charge in [0.25, 0.3) is 0 Å². The lowest BCUT2D eigenvalue weighted by Gasteiger charge is -2.23. The number of nitrogens with zero attached hydrogens (tertiary/aromatic N) is 5. The summed E-state index contributed by atoms with van der Waals surface area (Å²) in [6.45, 7) is 3.63. The molecule has 2 atom stereocenters. The van der Waals surface area contributed by atoms with Crippen LogP contribution in [-0.2, 0) is 27.5 Å². The zero-order valence-corrected chi connectivity index (χ0v) is 19.9. The quantitative estimate of drug-likeness (QED) is 0.364. The summed E-state index contributed by atoms with van der Waals surface area (Å²) in [6, 6.07) is 4.72. The maximum absolute atomic E-state index is 13.3. The zero-order valence-electron chi connectivity index (χ0n) is 19.1. The van der Waals surface area contributed by atoms with Crippen LogP contribution in [-0.4, -0.2) is 51.2 Å². The van der Waals surface area contributed by atoms with Crippen molar-refractivity contribution in [2.75, 3.05) is 6.54 Å². The minimum Gasteiger partial charge on any atom is -0.349 e. The summed E-state index contributed by atoms with van der Waals surface area (Å²) in [4.78, 5) is 27.5. The molecule has 14 heteroatoms. The first kappa shape index (κ1) is 26.3. The first-order chi connectivity index (χ1) is 17.5. The molecule has 3 heterocycles. The van der Waals surface area contributed by atoms with Gasteiger partial charge in [0.15, 0.2) is 0 Å². The van der Waals surface area contributed by atoms with Gasteiger partial charge in [-0.05, 0) is 42.7 Å². The summed E-state index contributed by atoms with van der Waals surface area (Å²) >= 11 is 0. The third kappa shape index (κ3) is 5.80. The molecule has 9 nitrogen and oxygen atoms in total. The van der Waals surface area contributed by atoms with Crippen molar-refractivity contribution >= 4 is 15.9 Å². The van der Waals surface area contributed by atoms with E-state index in [-0.39, 0.29) is 41.6 Å². The van der Waals surface area contributed by atoms with Gasteiger partial charge in [-0.2, -0.15) is 17.5 Å². The van der Waals surface area contributed by atoms with Gasteiger partial charge in [-0.3, -0.25) is 4.79 Å². The number of benzene rings is 1. The summed E-state index contributed by atoms with van der Waals surface area (Å²) in [5.74, 6) is -2.72. The maximum atomic E-state index is 13.3. The fourth-order valence-electron chi connectivity index (χ4n) is 3.81. The molecule has 1 aromatic carbocycles. The molecule has 1 aliphatic rings. The molecule has 1 aliphatic heterocycles. The van der Waals surface area contributed by atoms with Crippen molar-refractivity contribution in [3.8, 4) is 11.3 Å². The van der Waals surface area contributed by atoms with Crippen LogP contribution in [0.4, 0.5) is 17.6 Å². The highest BCUT2D eigenvalue weighted by Gasteiger charge is 2.43. The van der Waals surface area contributed by atoms with Crippen LogP contribution in [0.3, 0.4) is 0 Å². The Kier molecular flexibility index (Phi) is 7.32. The molecule has 3 aromatic rings. The summed E-state index contributed by atoms with van der Waals surface area (Å²) < 4.78 is 78.8. The maximum Gasteiger partial charge on any atom is 0.451 e. The molecule has 2 aromatic heterocycles. The van der Waals surface area contributed by atoms with Gasteiger partial charge in [0.05, 0.1) is 22.8 Å². The van der Waals surface area contributed by atoms with Gasteiger partial charge in [0.1, 0.15) is 18.2 Å². The van der Waals surface area contributed by atoms with Gasteiger partial charge in [-0.1, -0.05) is 6.08 Å². The zero-order chi connectivity index (χ0) is 26.8. The molecular weight excluding hydrogens is 516 g/mol. The first-order valence-electron chi connectivity index (χ1n) is 10.9. The van der Waals surface area contributed by atoms with Crippen molar-refractivity contribution in [3.63, 3.8) is 0 Å². The van der Waals surface area contributed by atoms with Crippen LogP contribution in [0.25, 0.3) is 11.3 Å². The Labute approximate surface area is 209 Å². The first-order valence-corrected chi connectivity index (χ1v) is 12.3. The number of halogens is 4. The standard InChI is InChI=1S/C23H20F4N6O3S/c1-2-14-7-20(33(12-14)37(35,36)18-5-3-16(24)4-6-18)21(34)28-11-17-8-19(32-13-31-17)15-9-29-22(30-10-15)23(25,26)27/h2-6,8-10,13-14,20H,1,7,11-12H2,(H,28,34)/t14-,20+/m1/s1. The van der Waals surface area contributed by atoms with Crippen LogP contribution in [0.15, 0.2) is 66.6 Å². The number of nitrogens with one attached hydrogen (secondary N) is 1. The molecule has 0 unspecified atom stereocenters. The second kappa shape index (κ2) is 10.3. The molecule has 0 radical (unpaired) electrons. The van der Waals surface area contributed by atoms with E-state index in [9.17, 15) is 30.8 Å². The average Bonchev–Trinajstić information content (AvgIpc) is 3.33. The molecule has 37 heavy (non-hydrogen) atoms. The number of hydrogen-bond acceptors (Lipinski definition) is 7. The smallest absolute Gasteiger partial charge is 0.349 e.